The number of rotatable bonds is 7. The minimum Gasteiger partial charge on any atom is -0.366 e. The molecule has 1 unspecified atom stereocenters. The zero-order chi connectivity index (χ0) is 24.9. The highest BCUT2D eigenvalue weighted by atomic mass is 16.2. The maximum Gasteiger partial charge on any atom is 0.298 e. The van der Waals surface area contributed by atoms with Crippen LogP contribution >= 0.6 is 0 Å². The summed E-state index contributed by atoms with van der Waals surface area (Å²) < 4.78 is 2.05. The Kier molecular flexibility index (Phi) is 7.33. The normalized spacial score (nSPS) is 17.7. The predicted octanol–water partition coefficient (Wildman–Crippen LogP) is 5.06. The molecule has 5 rings (SSSR count). The smallest absolute Gasteiger partial charge is 0.298 e. The Bertz CT molecular complexity index is 1240. The van der Waals surface area contributed by atoms with Crippen molar-refractivity contribution in [3.63, 3.8) is 0 Å². The van der Waals surface area contributed by atoms with Gasteiger partial charge in [-0.15, -0.1) is 0 Å². The van der Waals surface area contributed by atoms with Crippen LogP contribution in [-0.2, 0) is 17.8 Å². The van der Waals surface area contributed by atoms with Crippen molar-refractivity contribution in [2.45, 2.75) is 45.2 Å². The molecule has 6 nitrogen and oxygen atoms in total. The zero-order valence-corrected chi connectivity index (χ0v) is 20.9. The first-order chi connectivity index (χ1) is 17.7. The average Bonchev–Trinajstić information content (AvgIpc) is 3.32. The average molecular weight is 483 g/mol. The summed E-state index contributed by atoms with van der Waals surface area (Å²) in [5.41, 5.74) is 5.19. The number of piperazine rings is 1. The number of ketones is 1. The summed E-state index contributed by atoms with van der Waals surface area (Å²) >= 11 is 0. The molecular weight excluding hydrogens is 448 g/mol. The van der Waals surface area contributed by atoms with Gasteiger partial charge in [-0.05, 0) is 68.5 Å². The van der Waals surface area contributed by atoms with E-state index in [0.717, 1.165) is 74.4 Å². The summed E-state index contributed by atoms with van der Waals surface area (Å²) in [7, 11) is 0. The molecule has 0 spiro atoms. The van der Waals surface area contributed by atoms with Gasteiger partial charge in [0.25, 0.3) is 11.7 Å². The highest BCUT2D eigenvalue weighted by Crippen LogP contribution is 2.31. The lowest BCUT2D eigenvalue weighted by molar-refractivity contribution is -0.112. The van der Waals surface area contributed by atoms with E-state index in [1.54, 1.807) is 0 Å². The first kappa shape index (κ1) is 24.1. The SMILES string of the molecule is CC=CCC1CNCCN1c1ccc(NC(=O)C(=O)c2c(-c3ccccc3)cc3n2CCCC3)cc1. The zero-order valence-electron chi connectivity index (χ0n) is 20.9. The van der Waals surface area contributed by atoms with Gasteiger partial charge < -0.3 is 20.1 Å². The second kappa shape index (κ2) is 11.0. The fraction of sp³-hybridized carbons (Fsp3) is 0.333. The molecule has 1 amide bonds. The summed E-state index contributed by atoms with van der Waals surface area (Å²) in [6, 6.07) is 20.2. The topological polar surface area (TPSA) is 66.4 Å². The van der Waals surface area contributed by atoms with E-state index < -0.39 is 11.7 Å². The number of amides is 1. The van der Waals surface area contributed by atoms with E-state index >= 15 is 0 Å². The number of carbonyl (C=O) groups excluding carboxylic acids is 2. The fourth-order valence-electron chi connectivity index (χ4n) is 5.36. The molecule has 2 aromatic carbocycles. The van der Waals surface area contributed by atoms with Crippen LogP contribution in [0.15, 0.2) is 72.8 Å². The second-order valence-corrected chi connectivity index (χ2v) is 9.56. The maximum atomic E-state index is 13.5. The molecule has 0 saturated carbocycles. The number of allylic oxidation sites excluding steroid dienone is 1. The predicted molar refractivity (Wildman–Crippen MR) is 146 cm³/mol. The number of aromatic nitrogens is 1. The van der Waals surface area contributed by atoms with E-state index in [2.05, 4.69) is 33.8 Å². The van der Waals surface area contributed by atoms with Crippen molar-refractivity contribution in [1.82, 2.24) is 9.88 Å². The largest absolute Gasteiger partial charge is 0.366 e. The van der Waals surface area contributed by atoms with Crippen molar-refractivity contribution in [2.24, 2.45) is 0 Å². The van der Waals surface area contributed by atoms with Crippen LogP contribution in [0.3, 0.4) is 0 Å². The van der Waals surface area contributed by atoms with Crippen LogP contribution in [0.1, 0.15) is 42.4 Å². The number of anilines is 2. The van der Waals surface area contributed by atoms with Crippen molar-refractivity contribution < 1.29 is 9.59 Å². The Morgan fingerprint density at radius 3 is 2.64 bits per heavy atom. The minimum absolute atomic E-state index is 0.397. The van der Waals surface area contributed by atoms with Gasteiger partial charge in [-0.3, -0.25) is 9.59 Å². The molecule has 1 fully saturated rings. The van der Waals surface area contributed by atoms with Gasteiger partial charge in [-0.25, -0.2) is 0 Å². The molecule has 3 heterocycles. The first-order valence-corrected chi connectivity index (χ1v) is 13.0. The van der Waals surface area contributed by atoms with Gasteiger partial charge >= 0.3 is 0 Å². The number of hydrogen-bond donors (Lipinski definition) is 2. The van der Waals surface area contributed by atoms with E-state index in [-0.39, 0.29) is 0 Å². The van der Waals surface area contributed by atoms with Crippen molar-refractivity contribution >= 4 is 23.1 Å². The molecule has 186 valence electrons. The molecule has 1 aromatic heterocycles. The first-order valence-electron chi connectivity index (χ1n) is 13.0. The maximum absolute atomic E-state index is 13.5. The molecule has 0 bridgehead atoms. The Labute approximate surface area is 213 Å². The van der Waals surface area contributed by atoms with Crippen molar-refractivity contribution in [3.05, 3.63) is 84.2 Å². The van der Waals surface area contributed by atoms with Crippen LogP contribution in [0, 0.1) is 0 Å². The summed E-state index contributed by atoms with van der Waals surface area (Å²) in [5.74, 6) is -1.08. The molecule has 3 aromatic rings. The molecule has 2 aliphatic rings. The van der Waals surface area contributed by atoms with Gasteiger partial charge in [-0.1, -0.05) is 42.5 Å². The van der Waals surface area contributed by atoms with E-state index in [1.807, 2.05) is 66.1 Å². The molecule has 2 N–H and O–H groups in total. The number of hydrogen-bond acceptors (Lipinski definition) is 4. The molecule has 6 heteroatoms. The number of nitrogens with one attached hydrogen (secondary N) is 2. The van der Waals surface area contributed by atoms with Crippen LogP contribution < -0.4 is 15.5 Å². The summed E-state index contributed by atoms with van der Waals surface area (Å²) in [6.45, 7) is 5.65. The number of Topliss-reactive ketones (excluding diaryl/α,β-unsaturated/α-hetero) is 1. The van der Waals surface area contributed by atoms with Gasteiger partial charge in [0.05, 0.1) is 0 Å². The van der Waals surface area contributed by atoms with Crippen molar-refractivity contribution in [3.8, 4) is 11.1 Å². The fourth-order valence-corrected chi connectivity index (χ4v) is 5.36. The Hall–Kier alpha value is -3.64. The standard InChI is InChI=1S/C30H34N4O2/c1-2-3-11-26-21-31-17-19-33(26)24-15-13-23(14-16-24)32-30(36)29(35)28-27(22-9-5-4-6-10-22)20-25-12-7-8-18-34(25)28/h2-6,9-10,13-16,20,26,31H,7-8,11-12,17-19,21H2,1H3,(H,32,36). The lowest BCUT2D eigenvalue weighted by Gasteiger charge is -2.37. The molecule has 0 radical (unpaired) electrons. The van der Waals surface area contributed by atoms with Gasteiger partial charge in [0.1, 0.15) is 5.69 Å². The van der Waals surface area contributed by atoms with Crippen LogP contribution in [0.5, 0.6) is 0 Å². The summed E-state index contributed by atoms with van der Waals surface area (Å²) in [6.07, 6.45) is 8.33. The monoisotopic (exact) mass is 482 g/mol. The lowest BCUT2D eigenvalue weighted by Crippen LogP contribution is -2.51. The molecular formula is C30H34N4O2. The van der Waals surface area contributed by atoms with Gasteiger partial charge in [0, 0.05) is 54.9 Å². The van der Waals surface area contributed by atoms with Crippen LogP contribution in [0.25, 0.3) is 11.1 Å². The highest BCUT2D eigenvalue weighted by Gasteiger charge is 2.28. The lowest BCUT2D eigenvalue weighted by atomic mass is 10.0. The Balaban J connectivity index is 1.35. The highest BCUT2D eigenvalue weighted by molar-refractivity contribution is 6.47. The third-order valence-electron chi connectivity index (χ3n) is 7.20. The second-order valence-electron chi connectivity index (χ2n) is 9.56. The number of nitrogens with zero attached hydrogens (tertiary/aromatic N) is 2. The molecule has 2 aliphatic heterocycles. The third-order valence-corrected chi connectivity index (χ3v) is 7.20. The molecule has 1 atom stereocenters. The van der Waals surface area contributed by atoms with E-state index in [1.165, 1.54) is 0 Å². The number of aryl methyl sites for hydroxylation is 1. The number of fused-ring (bicyclic) bond motifs is 1. The van der Waals surface area contributed by atoms with E-state index in [4.69, 9.17) is 0 Å². The van der Waals surface area contributed by atoms with E-state index in [9.17, 15) is 9.59 Å². The van der Waals surface area contributed by atoms with E-state index in [0.29, 0.717) is 17.4 Å². The van der Waals surface area contributed by atoms with Crippen LogP contribution in [0.2, 0.25) is 0 Å². The molecule has 36 heavy (non-hydrogen) atoms. The Morgan fingerprint density at radius 1 is 1.06 bits per heavy atom. The summed E-state index contributed by atoms with van der Waals surface area (Å²) in [5, 5.41) is 6.32. The molecule has 0 aliphatic carbocycles. The number of benzene rings is 2. The number of carbonyl (C=O) groups is 2. The summed E-state index contributed by atoms with van der Waals surface area (Å²) in [4.78, 5) is 29.0. The van der Waals surface area contributed by atoms with Crippen LogP contribution in [-0.4, -0.2) is 41.9 Å². The molecule has 1 saturated heterocycles. The van der Waals surface area contributed by atoms with Gasteiger partial charge in [0.2, 0.25) is 0 Å². The van der Waals surface area contributed by atoms with Crippen molar-refractivity contribution in [2.75, 3.05) is 29.9 Å². The quantitative estimate of drug-likeness (QED) is 0.281. The minimum atomic E-state index is -0.598. The Morgan fingerprint density at radius 2 is 1.86 bits per heavy atom. The van der Waals surface area contributed by atoms with Gasteiger partial charge in [-0.2, -0.15) is 0 Å². The third kappa shape index (κ3) is 5.00. The van der Waals surface area contributed by atoms with Crippen molar-refractivity contribution in [1.29, 1.82) is 0 Å². The van der Waals surface area contributed by atoms with Crippen LogP contribution in [0.4, 0.5) is 11.4 Å². The van der Waals surface area contributed by atoms with Gasteiger partial charge in [0.15, 0.2) is 0 Å².